The Balaban J connectivity index is 1.97. The fourth-order valence-electron chi connectivity index (χ4n) is 2.06. The lowest BCUT2D eigenvalue weighted by molar-refractivity contribution is 0.290. The molecule has 0 atom stereocenters. The van der Waals surface area contributed by atoms with Crippen LogP contribution in [0.2, 0.25) is 0 Å². The van der Waals surface area contributed by atoms with E-state index >= 15 is 0 Å². The first-order chi connectivity index (χ1) is 10.0. The Bertz CT molecular complexity index is 596. The van der Waals surface area contributed by atoms with Gasteiger partial charge in [0.05, 0.1) is 0 Å². The van der Waals surface area contributed by atoms with Gasteiger partial charge in [0.25, 0.3) is 0 Å². The van der Waals surface area contributed by atoms with Gasteiger partial charge in [0.15, 0.2) is 11.6 Å². The molecule has 2 aromatic carbocycles. The van der Waals surface area contributed by atoms with Crippen molar-refractivity contribution in [3.8, 4) is 5.75 Å². The molecule has 0 aliphatic rings. The van der Waals surface area contributed by atoms with Gasteiger partial charge in [-0.1, -0.05) is 49.7 Å². The van der Waals surface area contributed by atoms with Crippen molar-refractivity contribution in [1.29, 1.82) is 0 Å². The van der Waals surface area contributed by atoms with Crippen LogP contribution in [-0.4, -0.2) is 6.04 Å². The molecule has 0 saturated heterocycles. The van der Waals surface area contributed by atoms with Crippen LogP contribution in [0.25, 0.3) is 0 Å². The first kappa shape index (κ1) is 15.5. The Kier molecular flexibility index (Phi) is 5.34. The number of aryl methyl sites for hydroxylation is 1. The van der Waals surface area contributed by atoms with Crippen LogP contribution in [0.3, 0.4) is 0 Å². The number of hydrogen-bond donors (Lipinski definition) is 1. The van der Waals surface area contributed by atoms with Gasteiger partial charge in [-0.15, -0.1) is 0 Å². The predicted molar refractivity (Wildman–Crippen MR) is 83.9 cm³/mol. The zero-order valence-electron chi connectivity index (χ0n) is 12.8. The summed E-state index contributed by atoms with van der Waals surface area (Å²) in [4.78, 5) is 0. The summed E-state index contributed by atoms with van der Waals surface area (Å²) in [5.41, 5.74) is 3.13. The van der Waals surface area contributed by atoms with Crippen LogP contribution in [0.4, 0.5) is 4.39 Å². The topological polar surface area (TPSA) is 21.3 Å². The summed E-state index contributed by atoms with van der Waals surface area (Å²) in [6.07, 6.45) is 0. The van der Waals surface area contributed by atoms with E-state index in [1.807, 2.05) is 37.3 Å². The molecular formula is C18H22FNO. The maximum atomic E-state index is 14.0. The normalized spacial score (nSPS) is 10.9. The molecule has 0 heterocycles. The number of benzene rings is 2. The molecule has 0 amide bonds. The van der Waals surface area contributed by atoms with Gasteiger partial charge in [0.1, 0.15) is 6.61 Å². The van der Waals surface area contributed by atoms with E-state index in [1.54, 1.807) is 6.07 Å². The van der Waals surface area contributed by atoms with Crippen molar-refractivity contribution in [3.05, 3.63) is 65.0 Å². The Morgan fingerprint density at radius 2 is 1.90 bits per heavy atom. The van der Waals surface area contributed by atoms with Gasteiger partial charge in [0, 0.05) is 12.6 Å². The van der Waals surface area contributed by atoms with Crippen molar-refractivity contribution in [2.45, 2.75) is 40.0 Å². The van der Waals surface area contributed by atoms with Crippen molar-refractivity contribution in [1.82, 2.24) is 5.32 Å². The maximum absolute atomic E-state index is 14.0. The summed E-state index contributed by atoms with van der Waals surface area (Å²) in [5, 5.41) is 3.27. The Labute approximate surface area is 126 Å². The van der Waals surface area contributed by atoms with Crippen LogP contribution in [0.15, 0.2) is 42.5 Å². The van der Waals surface area contributed by atoms with Gasteiger partial charge < -0.3 is 10.1 Å². The fourth-order valence-corrected chi connectivity index (χ4v) is 2.06. The SMILES string of the molecule is Cc1cccc(COc2ccc(CNC(C)C)cc2F)c1. The molecule has 2 aromatic rings. The van der Waals surface area contributed by atoms with Crippen LogP contribution in [0.1, 0.15) is 30.5 Å². The molecule has 0 aliphatic carbocycles. The quantitative estimate of drug-likeness (QED) is 0.859. The highest BCUT2D eigenvalue weighted by molar-refractivity contribution is 5.30. The minimum atomic E-state index is -0.314. The highest BCUT2D eigenvalue weighted by atomic mass is 19.1. The molecule has 0 saturated carbocycles. The van der Waals surface area contributed by atoms with E-state index in [2.05, 4.69) is 19.2 Å². The van der Waals surface area contributed by atoms with Crippen LogP contribution in [0.5, 0.6) is 5.75 Å². The lowest BCUT2D eigenvalue weighted by Gasteiger charge is -2.11. The molecule has 2 rings (SSSR count). The fraction of sp³-hybridized carbons (Fsp3) is 0.333. The van der Waals surface area contributed by atoms with E-state index in [0.717, 1.165) is 11.1 Å². The van der Waals surface area contributed by atoms with E-state index in [1.165, 1.54) is 11.6 Å². The van der Waals surface area contributed by atoms with Crippen molar-refractivity contribution in [3.63, 3.8) is 0 Å². The number of halogens is 1. The average molecular weight is 287 g/mol. The molecule has 0 fully saturated rings. The molecule has 0 aromatic heterocycles. The van der Waals surface area contributed by atoms with E-state index < -0.39 is 0 Å². The summed E-state index contributed by atoms with van der Waals surface area (Å²) in [5.74, 6) is -0.0180. The number of hydrogen-bond acceptors (Lipinski definition) is 2. The van der Waals surface area contributed by atoms with Crippen molar-refractivity contribution >= 4 is 0 Å². The molecule has 0 radical (unpaired) electrons. The molecule has 21 heavy (non-hydrogen) atoms. The Morgan fingerprint density at radius 1 is 1.10 bits per heavy atom. The highest BCUT2D eigenvalue weighted by Gasteiger charge is 2.06. The van der Waals surface area contributed by atoms with Gasteiger partial charge >= 0.3 is 0 Å². The number of nitrogens with one attached hydrogen (secondary N) is 1. The summed E-state index contributed by atoms with van der Waals surface area (Å²) < 4.78 is 19.6. The second kappa shape index (κ2) is 7.23. The minimum absolute atomic E-state index is 0.296. The standard InChI is InChI=1S/C18H22FNO/c1-13(2)20-11-15-7-8-18(17(19)10-15)21-12-16-6-4-5-14(3)9-16/h4-10,13,20H,11-12H2,1-3H3. The molecule has 0 aliphatic heterocycles. The van der Waals surface area contributed by atoms with Gasteiger partial charge in [-0.3, -0.25) is 0 Å². The van der Waals surface area contributed by atoms with Crippen molar-refractivity contribution in [2.75, 3.05) is 0 Å². The molecule has 3 heteroatoms. The number of rotatable bonds is 6. The largest absolute Gasteiger partial charge is 0.486 e. The molecule has 112 valence electrons. The summed E-state index contributed by atoms with van der Waals surface area (Å²) in [6.45, 7) is 7.20. The zero-order chi connectivity index (χ0) is 15.2. The molecule has 2 nitrogen and oxygen atoms in total. The molecule has 0 spiro atoms. The third kappa shape index (κ3) is 4.87. The van der Waals surface area contributed by atoms with E-state index in [-0.39, 0.29) is 5.82 Å². The van der Waals surface area contributed by atoms with Crippen LogP contribution in [-0.2, 0) is 13.2 Å². The maximum Gasteiger partial charge on any atom is 0.165 e. The molecular weight excluding hydrogens is 265 g/mol. The van der Waals surface area contributed by atoms with Crippen LogP contribution in [0, 0.1) is 12.7 Å². The molecule has 0 bridgehead atoms. The van der Waals surface area contributed by atoms with Crippen LogP contribution < -0.4 is 10.1 Å². The summed E-state index contributed by atoms with van der Waals surface area (Å²) in [6, 6.07) is 13.5. The van der Waals surface area contributed by atoms with Crippen molar-refractivity contribution < 1.29 is 9.13 Å². The van der Waals surface area contributed by atoms with E-state index in [4.69, 9.17) is 4.74 Å². The second-order valence-corrected chi connectivity index (χ2v) is 5.58. The first-order valence-electron chi connectivity index (χ1n) is 7.25. The first-order valence-corrected chi connectivity index (χ1v) is 7.25. The molecule has 0 unspecified atom stereocenters. The Hall–Kier alpha value is -1.87. The van der Waals surface area contributed by atoms with Crippen molar-refractivity contribution in [2.24, 2.45) is 0 Å². The molecule has 1 N–H and O–H groups in total. The van der Waals surface area contributed by atoms with Gasteiger partial charge in [-0.05, 0) is 30.2 Å². The van der Waals surface area contributed by atoms with Gasteiger partial charge in [-0.2, -0.15) is 0 Å². The second-order valence-electron chi connectivity index (χ2n) is 5.58. The van der Waals surface area contributed by atoms with Gasteiger partial charge in [0.2, 0.25) is 0 Å². The van der Waals surface area contributed by atoms with Crippen LogP contribution >= 0.6 is 0 Å². The third-order valence-corrected chi connectivity index (χ3v) is 3.19. The Morgan fingerprint density at radius 3 is 2.57 bits per heavy atom. The smallest absolute Gasteiger partial charge is 0.165 e. The summed E-state index contributed by atoms with van der Waals surface area (Å²) in [7, 11) is 0. The third-order valence-electron chi connectivity index (χ3n) is 3.19. The minimum Gasteiger partial charge on any atom is -0.486 e. The van der Waals surface area contributed by atoms with E-state index in [9.17, 15) is 4.39 Å². The zero-order valence-corrected chi connectivity index (χ0v) is 12.8. The van der Waals surface area contributed by atoms with Gasteiger partial charge in [-0.25, -0.2) is 4.39 Å². The lowest BCUT2D eigenvalue weighted by Crippen LogP contribution is -2.21. The average Bonchev–Trinajstić information content (AvgIpc) is 2.44. The highest BCUT2D eigenvalue weighted by Crippen LogP contribution is 2.20. The number of ether oxygens (including phenoxy) is 1. The lowest BCUT2D eigenvalue weighted by atomic mass is 10.1. The summed E-state index contributed by atoms with van der Waals surface area (Å²) >= 11 is 0. The van der Waals surface area contributed by atoms with E-state index in [0.29, 0.717) is 24.9 Å². The predicted octanol–water partition coefficient (Wildman–Crippen LogP) is 4.21. The monoisotopic (exact) mass is 287 g/mol.